The van der Waals surface area contributed by atoms with Gasteiger partial charge in [-0.15, -0.1) is 0 Å². The molecule has 0 aromatic heterocycles. The summed E-state index contributed by atoms with van der Waals surface area (Å²) < 4.78 is 27.3. The molecule has 0 amide bonds. The van der Waals surface area contributed by atoms with Crippen LogP contribution in [0.1, 0.15) is 18.1 Å². The van der Waals surface area contributed by atoms with E-state index in [-0.39, 0.29) is 11.6 Å². The van der Waals surface area contributed by atoms with Crippen LogP contribution >= 0.6 is 15.9 Å². The molecule has 1 nitrogen and oxygen atoms in total. The molecular weight excluding hydrogens is 312 g/mol. The highest BCUT2D eigenvalue weighted by Gasteiger charge is 2.23. The maximum Gasteiger partial charge on any atom is 0.123 e. The zero-order valence-corrected chi connectivity index (χ0v) is 12.0. The van der Waals surface area contributed by atoms with Crippen LogP contribution in [0.5, 0.6) is 0 Å². The zero-order chi connectivity index (χ0) is 14.0. The number of halogens is 3. The normalized spacial score (nSPS) is 14.2. The van der Waals surface area contributed by atoms with Crippen molar-refractivity contribution in [1.82, 2.24) is 0 Å². The van der Waals surface area contributed by atoms with Gasteiger partial charge in [0.2, 0.25) is 0 Å². The fourth-order valence-corrected chi connectivity index (χ4v) is 2.41. The summed E-state index contributed by atoms with van der Waals surface area (Å²) in [6, 6.07) is 10.6. The van der Waals surface area contributed by atoms with E-state index >= 15 is 0 Å². The van der Waals surface area contributed by atoms with Crippen LogP contribution < -0.4 is 5.73 Å². The number of hydrogen-bond donors (Lipinski definition) is 1. The Morgan fingerprint density at radius 3 is 2.47 bits per heavy atom. The molecule has 0 spiro atoms. The van der Waals surface area contributed by atoms with Gasteiger partial charge < -0.3 is 5.73 Å². The van der Waals surface area contributed by atoms with Crippen molar-refractivity contribution >= 4 is 15.9 Å². The molecule has 2 aromatic carbocycles. The zero-order valence-electron chi connectivity index (χ0n) is 10.5. The van der Waals surface area contributed by atoms with Gasteiger partial charge in [0.15, 0.2) is 0 Å². The molecular formula is C15H14BrF2N. The number of hydrogen-bond acceptors (Lipinski definition) is 1. The van der Waals surface area contributed by atoms with Crippen LogP contribution in [-0.2, 0) is 12.0 Å². The van der Waals surface area contributed by atoms with Gasteiger partial charge in [-0.2, -0.15) is 0 Å². The van der Waals surface area contributed by atoms with Crippen molar-refractivity contribution in [3.8, 4) is 0 Å². The Bertz CT molecular complexity index is 596. The summed E-state index contributed by atoms with van der Waals surface area (Å²) in [5, 5.41) is 0. The van der Waals surface area contributed by atoms with Gasteiger partial charge in [0, 0.05) is 10.0 Å². The lowest BCUT2D eigenvalue weighted by atomic mass is 9.86. The van der Waals surface area contributed by atoms with Gasteiger partial charge in [-0.05, 0) is 54.8 Å². The van der Waals surface area contributed by atoms with Crippen LogP contribution in [0, 0.1) is 11.6 Å². The molecule has 2 N–H and O–H groups in total. The fourth-order valence-electron chi connectivity index (χ4n) is 2.02. The smallest absolute Gasteiger partial charge is 0.123 e. The minimum atomic E-state index is -0.765. The van der Waals surface area contributed by atoms with E-state index in [0.717, 1.165) is 10.0 Å². The van der Waals surface area contributed by atoms with E-state index in [0.29, 0.717) is 12.0 Å². The van der Waals surface area contributed by atoms with Crippen LogP contribution in [0.25, 0.3) is 0 Å². The molecule has 2 aromatic rings. The molecule has 0 aliphatic rings. The first kappa shape index (κ1) is 14.2. The third-order valence-corrected chi connectivity index (χ3v) is 3.82. The van der Waals surface area contributed by atoms with Crippen molar-refractivity contribution in [2.45, 2.75) is 18.9 Å². The van der Waals surface area contributed by atoms with Crippen molar-refractivity contribution in [3.05, 3.63) is 69.7 Å². The van der Waals surface area contributed by atoms with E-state index in [1.807, 2.05) is 0 Å². The molecule has 0 aliphatic heterocycles. The summed E-state index contributed by atoms with van der Waals surface area (Å²) >= 11 is 3.37. The molecule has 0 radical (unpaired) electrons. The summed E-state index contributed by atoms with van der Waals surface area (Å²) in [5.74, 6) is -0.638. The van der Waals surface area contributed by atoms with E-state index < -0.39 is 5.54 Å². The predicted molar refractivity (Wildman–Crippen MR) is 75.7 cm³/mol. The van der Waals surface area contributed by atoms with Crippen molar-refractivity contribution < 1.29 is 8.78 Å². The lowest BCUT2D eigenvalue weighted by Crippen LogP contribution is -2.35. The first-order chi connectivity index (χ1) is 8.88. The summed E-state index contributed by atoms with van der Waals surface area (Å²) in [7, 11) is 0. The van der Waals surface area contributed by atoms with Gasteiger partial charge in [0.05, 0.1) is 0 Å². The minimum Gasteiger partial charge on any atom is -0.321 e. The van der Waals surface area contributed by atoms with Gasteiger partial charge >= 0.3 is 0 Å². The van der Waals surface area contributed by atoms with Crippen LogP contribution in [0.15, 0.2) is 46.9 Å². The Balaban J connectivity index is 2.33. The molecule has 19 heavy (non-hydrogen) atoms. The molecule has 4 heteroatoms. The molecule has 1 atom stereocenters. The maximum absolute atomic E-state index is 13.3. The van der Waals surface area contributed by atoms with E-state index in [2.05, 4.69) is 15.9 Å². The third-order valence-electron chi connectivity index (χ3n) is 3.05. The molecule has 0 saturated heterocycles. The van der Waals surface area contributed by atoms with E-state index in [1.165, 1.54) is 24.3 Å². The molecule has 0 heterocycles. The van der Waals surface area contributed by atoms with Crippen molar-refractivity contribution in [2.75, 3.05) is 0 Å². The predicted octanol–water partition coefficient (Wildman–Crippen LogP) is 4.14. The highest BCUT2D eigenvalue weighted by atomic mass is 79.9. The Morgan fingerprint density at radius 2 is 1.79 bits per heavy atom. The van der Waals surface area contributed by atoms with Gasteiger partial charge in [-0.3, -0.25) is 0 Å². The molecule has 0 saturated carbocycles. The lowest BCUT2D eigenvalue weighted by Gasteiger charge is -2.26. The SMILES string of the molecule is CC(N)(Cc1cc(F)ccc1Br)c1cccc(F)c1. The fraction of sp³-hybridized carbons (Fsp3) is 0.200. The van der Waals surface area contributed by atoms with Gasteiger partial charge in [0.25, 0.3) is 0 Å². The van der Waals surface area contributed by atoms with Gasteiger partial charge in [0.1, 0.15) is 11.6 Å². The Kier molecular flexibility index (Phi) is 4.02. The quantitative estimate of drug-likeness (QED) is 0.901. The standard InChI is InChI=1S/C15H14BrF2N/c1-15(19,11-3-2-4-12(17)8-11)9-10-7-13(18)5-6-14(10)16/h2-8H,9,19H2,1H3. The molecule has 0 fully saturated rings. The monoisotopic (exact) mass is 325 g/mol. The number of benzene rings is 2. The highest BCUT2D eigenvalue weighted by Crippen LogP contribution is 2.27. The van der Waals surface area contributed by atoms with Crippen LogP contribution in [0.2, 0.25) is 0 Å². The number of rotatable bonds is 3. The van der Waals surface area contributed by atoms with Crippen molar-refractivity contribution in [1.29, 1.82) is 0 Å². The van der Waals surface area contributed by atoms with Crippen LogP contribution in [-0.4, -0.2) is 0 Å². The van der Waals surface area contributed by atoms with E-state index in [1.54, 1.807) is 25.1 Å². The lowest BCUT2D eigenvalue weighted by molar-refractivity contribution is 0.483. The van der Waals surface area contributed by atoms with Crippen molar-refractivity contribution in [3.63, 3.8) is 0 Å². The number of nitrogens with two attached hydrogens (primary N) is 1. The Morgan fingerprint density at radius 1 is 1.11 bits per heavy atom. The Labute approximate surface area is 119 Å². The molecule has 1 unspecified atom stereocenters. The maximum atomic E-state index is 13.3. The average molecular weight is 326 g/mol. The molecule has 100 valence electrons. The second-order valence-corrected chi connectivity index (χ2v) is 5.69. The summed E-state index contributed by atoms with van der Waals surface area (Å²) in [5.41, 5.74) is 6.93. The van der Waals surface area contributed by atoms with E-state index in [4.69, 9.17) is 5.73 Å². The van der Waals surface area contributed by atoms with Crippen LogP contribution in [0.4, 0.5) is 8.78 Å². The topological polar surface area (TPSA) is 26.0 Å². The minimum absolute atomic E-state index is 0.312. The first-order valence-corrected chi connectivity index (χ1v) is 6.67. The van der Waals surface area contributed by atoms with Gasteiger partial charge in [-0.25, -0.2) is 8.78 Å². The average Bonchev–Trinajstić information content (AvgIpc) is 2.33. The summed E-state index contributed by atoms with van der Waals surface area (Å²) in [4.78, 5) is 0. The van der Waals surface area contributed by atoms with Crippen LogP contribution in [0.3, 0.4) is 0 Å². The second kappa shape index (κ2) is 5.39. The molecule has 2 rings (SSSR count). The second-order valence-electron chi connectivity index (χ2n) is 4.84. The first-order valence-electron chi connectivity index (χ1n) is 5.87. The van der Waals surface area contributed by atoms with Crippen molar-refractivity contribution in [2.24, 2.45) is 5.73 Å². The van der Waals surface area contributed by atoms with E-state index in [9.17, 15) is 8.78 Å². The highest BCUT2D eigenvalue weighted by molar-refractivity contribution is 9.10. The summed E-state index contributed by atoms with van der Waals surface area (Å²) in [6.07, 6.45) is 0.412. The molecule has 0 aliphatic carbocycles. The Hall–Kier alpha value is -1.26. The largest absolute Gasteiger partial charge is 0.321 e. The third kappa shape index (κ3) is 3.39. The summed E-state index contributed by atoms with van der Waals surface area (Å²) in [6.45, 7) is 1.80. The molecule has 0 bridgehead atoms. The van der Waals surface area contributed by atoms with Gasteiger partial charge in [-0.1, -0.05) is 28.1 Å².